The predicted octanol–water partition coefficient (Wildman–Crippen LogP) is 2.74. The number of nitrogens with two attached hydrogens (primary N) is 1. The molecule has 0 aliphatic heterocycles. The minimum atomic E-state index is 0.155. The fourth-order valence-electron chi connectivity index (χ4n) is 1.28. The lowest BCUT2D eigenvalue weighted by molar-refractivity contribution is 0.468. The third kappa shape index (κ3) is 3.26. The molecule has 1 heterocycles. The molecule has 0 amide bonds. The van der Waals surface area contributed by atoms with Gasteiger partial charge in [0.2, 0.25) is 4.80 Å². The predicted molar refractivity (Wildman–Crippen MR) is 83.9 cm³/mol. The highest BCUT2D eigenvalue weighted by atomic mass is 79.9. The second-order valence-electron chi connectivity index (χ2n) is 3.71. The number of thiazole rings is 1. The van der Waals surface area contributed by atoms with Gasteiger partial charge in [-0.1, -0.05) is 0 Å². The van der Waals surface area contributed by atoms with Gasteiger partial charge >= 0.3 is 0 Å². The van der Waals surface area contributed by atoms with E-state index in [1.54, 1.807) is 18.3 Å². The quantitative estimate of drug-likeness (QED) is 0.457. The van der Waals surface area contributed by atoms with Crippen LogP contribution in [0.5, 0.6) is 5.75 Å². The highest BCUT2D eigenvalue weighted by Gasteiger charge is 2.04. The van der Waals surface area contributed by atoms with Crippen LogP contribution in [-0.2, 0) is 0 Å². The van der Waals surface area contributed by atoms with Gasteiger partial charge in [-0.05, 0) is 56.5 Å². The molecule has 0 saturated carbocycles. The topological polar surface area (TPSA) is 75.9 Å². The number of aryl methyl sites for hydroxylation is 1. The number of nitrogen functional groups attached to an aromatic ring is 1. The summed E-state index contributed by atoms with van der Waals surface area (Å²) in [6.45, 7) is 1.90. The number of phenols is 1. The Bertz CT molecular complexity index is 682. The van der Waals surface area contributed by atoms with Gasteiger partial charge in [0.25, 0.3) is 0 Å². The average Bonchev–Trinajstić information content (AvgIpc) is 2.68. The first-order valence-electron chi connectivity index (χ1n) is 5.16. The van der Waals surface area contributed by atoms with Gasteiger partial charge in [-0.3, -0.25) is 0 Å². The second-order valence-corrected chi connectivity index (χ2v) is 6.25. The zero-order valence-corrected chi connectivity index (χ0v) is 13.8. The molecule has 8 heteroatoms. The lowest BCUT2D eigenvalue weighted by Gasteiger charge is -2.01. The summed E-state index contributed by atoms with van der Waals surface area (Å²) in [6.07, 6.45) is 1.59. The molecule has 0 radical (unpaired) electrons. The van der Waals surface area contributed by atoms with Crippen LogP contribution in [0.25, 0.3) is 0 Å². The Hall–Kier alpha value is -1.12. The number of halogens is 2. The van der Waals surface area contributed by atoms with Crippen molar-refractivity contribution < 1.29 is 5.11 Å². The Kier molecular flexibility index (Phi) is 4.43. The van der Waals surface area contributed by atoms with Crippen molar-refractivity contribution in [3.05, 3.63) is 42.5 Å². The SMILES string of the molecule is Cc1cs/c(=N/N=C\c2cc(Br)c(O)c(Br)c2)n1N. The smallest absolute Gasteiger partial charge is 0.229 e. The van der Waals surface area contributed by atoms with E-state index >= 15 is 0 Å². The lowest BCUT2D eigenvalue weighted by Crippen LogP contribution is -2.23. The third-order valence-electron chi connectivity index (χ3n) is 2.31. The van der Waals surface area contributed by atoms with Gasteiger partial charge in [-0.25, -0.2) is 4.68 Å². The summed E-state index contributed by atoms with van der Waals surface area (Å²) in [5, 5.41) is 19.5. The molecule has 0 aliphatic rings. The fraction of sp³-hybridized carbons (Fsp3) is 0.0909. The van der Waals surface area contributed by atoms with Gasteiger partial charge in [-0.15, -0.1) is 16.4 Å². The van der Waals surface area contributed by atoms with Gasteiger partial charge in [0, 0.05) is 11.1 Å². The van der Waals surface area contributed by atoms with E-state index in [-0.39, 0.29) is 5.75 Å². The molecule has 0 unspecified atom stereocenters. The fourth-order valence-corrected chi connectivity index (χ4v) is 3.24. The minimum absolute atomic E-state index is 0.155. The maximum Gasteiger partial charge on any atom is 0.229 e. The van der Waals surface area contributed by atoms with Crippen molar-refractivity contribution in [2.45, 2.75) is 6.92 Å². The van der Waals surface area contributed by atoms with E-state index in [2.05, 4.69) is 42.1 Å². The second kappa shape index (κ2) is 5.89. The van der Waals surface area contributed by atoms with Crippen molar-refractivity contribution in [1.29, 1.82) is 0 Å². The first kappa shape index (κ1) is 14.3. The number of hydrogen-bond acceptors (Lipinski definition) is 5. The number of hydrogen-bond donors (Lipinski definition) is 2. The van der Waals surface area contributed by atoms with Crippen molar-refractivity contribution >= 4 is 49.4 Å². The van der Waals surface area contributed by atoms with Crippen LogP contribution in [0.15, 0.2) is 36.7 Å². The number of phenolic OH excluding ortho intramolecular Hbond substituents is 1. The molecule has 1 aromatic heterocycles. The van der Waals surface area contributed by atoms with Gasteiger partial charge in [0.1, 0.15) is 5.75 Å². The highest BCUT2D eigenvalue weighted by Crippen LogP contribution is 2.32. The maximum absolute atomic E-state index is 9.59. The maximum atomic E-state index is 9.59. The Morgan fingerprint density at radius 3 is 2.53 bits per heavy atom. The van der Waals surface area contributed by atoms with Crippen LogP contribution in [0.3, 0.4) is 0 Å². The zero-order chi connectivity index (χ0) is 14.0. The Morgan fingerprint density at radius 2 is 2.00 bits per heavy atom. The largest absolute Gasteiger partial charge is 0.506 e. The highest BCUT2D eigenvalue weighted by molar-refractivity contribution is 9.11. The van der Waals surface area contributed by atoms with Gasteiger partial charge in [0.05, 0.1) is 15.2 Å². The van der Waals surface area contributed by atoms with Gasteiger partial charge in [-0.2, -0.15) is 5.10 Å². The molecule has 100 valence electrons. The van der Waals surface area contributed by atoms with Gasteiger partial charge < -0.3 is 10.9 Å². The van der Waals surface area contributed by atoms with Crippen LogP contribution in [-0.4, -0.2) is 16.0 Å². The van der Waals surface area contributed by atoms with E-state index in [0.29, 0.717) is 13.7 Å². The Labute approximate surface area is 130 Å². The van der Waals surface area contributed by atoms with Gasteiger partial charge in [0.15, 0.2) is 0 Å². The molecule has 2 aromatic rings. The van der Waals surface area contributed by atoms with E-state index < -0.39 is 0 Å². The van der Waals surface area contributed by atoms with Crippen molar-refractivity contribution in [2.24, 2.45) is 10.2 Å². The molecule has 2 rings (SSSR count). The summed E-state index contributed by atoms with van der Waals surface area (Å²) in [5.41, 5.74) is 1.73. The van der Waals surface area contributed by atoms with Crippen molar-refractivity contribution in [3.8, 4) is 5.75 Å². The molecular formula is C11H10Br2N4OS. The molecular weight excluding hydrogens is 396 g/mol. The Balaban J connectivity index is 2.29. The lowest BCUT2D eigenvalue weighted by atomic mass is 10.2. The number of nitrogens with zero attached hydrogens (tertiary/aromatic N) is 3. The average molecular weight is 406 g/mol. The molecule has 0 atom stereocenters. The van der Waals surface area contributed by atoms with E-state index in [4.69, 9.17) is 5.84 Å². The van der Waals surface area contributed by atoms with Crippen LogP contribution in [0, 0.1) is 6.92 Å². The summed E-state index contributed by atoms with van der Waals surface area (Å²) >= 11 is 7.93. The number of aromatic hydroxyl groups is 1. The van der Waals surface area contributed by atoms with E-state index in [1.165, 1.54) is 16.0 Å². The van der Waals surface area contributed by atoms with Crippen molar-refractivity contribution in [3.63, 3.8) is 0 Å². The molecule has 0 aliphatic carbocycles. The molecule has 19 heavy (non-hydrogen) atoms. The number of rotatable bonds is 2. The zero-order valence-electron chi connectivity index (χ0n) is 9.84. The summed E-state index contributed by atoms with van der Waals surface area (Å²) in [4.78, 5) is 0.616. The molecule has 0 saturated heterocycles. The summed E-state index contributed by atoms with van der Waals surface area (Å²) in [5.74, 6) is 5.92. The third-order valence-corrected chi connectivity index (χ3v) is 4.47. The molecule has 0 spiro atoms. The van der Waals surface area contributed by atoms with Crippen LogP contribution in [0.4, 0.5) is 0 Å². The summed E-state index contributed by atoms with van der Waals surface area (Å²) < 4.78 is 2.65. The van der Waals surface area contributed by atoms with E-state index in [1.807, 2.05) is 12.3 Å². The number of benzene rings is 1. The van der Waals surface area contributed by atoms with Crippen LogP contribution < -0.4 is 10.6 Å². The van der Waals surface area contributed by atoms with Crippen molar-refractivity contribution in [1.82, 2.24) is 4.68 Å². The van der Waals surface area contributed by atoms with Crippen LogP contribution in [0.1, 0.15) is 11.3 Å². The molecule has 5 nitrogen and oxygen atoms in total. The Morgan fingerprint density at radius 1 is 1.37 bits per heavy atom. The normalized spacial score (nSPS) is 12.5. The minimum Gasteiger partial charge on any atom is -0.506 e. The molecule has 0 fully saturated rings. The molecule has 3 N–H and O–H groups in total. The monoisotopic (exact) mass is 404 g/mol. The van der Waals surface area contributed by atoms with Crippen LogP contribution >= 0.6 is 43.2 Å². The van der Waals surface area contributed by atoms with Crippen LogP contribution in [0.2, 0.25) is 0 Å². The summed E-state index contributed by atoms with van der Waals surface area (Å²) in [6, 6.07) is 3.49. The summed E-state index contributed by atoms with van der Waals surface area (Å²) in [7, 11) is 0. The first-order chi connectivity index (χ1) is 8.99. The molecule has 0 bridgehead atoms. The van der Waals surface area contributed by atoms with E-state index in [0.717, 1.165) is 11.3 Å². The standard InChI is InChI=1S/C11H10Br2N4OS/c1-6-5-19-11(17(6)14)16-15-4-7-2-8(12)10(18)9(13)3-7/h2-5,18H,14H2,1H3/b15-4-,16-11+. The van der Waals surface area contributed by atoms with Crippen molar-refractivity contribution in [2.75, 3.05) is 5.84 Å². The number of aromatic nitrogens is 1. The van der Waals surface area contributed by atoms with E-state index in [9.17, 15) is 5.11 Å². The molecule has 1 aromatic carbocycles. The first-order valence-corrected chi connectivity index (χ1v) is 7.63.